The lowest BCUT2D eigenvalue weighted by molar-refractivity contribution is -0.135. The Morgan fingerprint density at radius 2 is 2.13 bits per heavy atom. The number of piperazine rings is 1. The summed E-state index contributed by atoms with van der Waals surface area (Å²) in [7, 11) is 0. The topological polar surface area (TPSA) is 32.3 Å². The van der Waals surface area contributed by atoms with Gasteiger partial charge in [-0.15, -0.1) is 12.4 Å². The Kier molecular flexibility index (Phi) is 4.87. The lowest BCUT2D eigenvalue weighted by Crippen LogP contribution is -2.54. The first-order valence-electron chi connectivity index (χ1n) is 5.83. The second-order valence-corrected chi connectivity index (χ2v) is 4.45. The van der Waals surface area contributed by atoms with Gasteiger partial charge in [-0.3, -0.25) is 4.79 Å². The predicted molar refractivity (Wildman–Crippen MR) is 63.3 cm³/mol. The van der Waals surface area contributed by atoms with Crippen molar-refractivity contribution in [3.63, 3.8) is 0 Å². The molecule has 3 nitrogen and oxygen atoms in total. The number of nitrogens with zero attached hydrogens (tertiary/aromatic N) is 1. The highest BCUT2D eigenvalue weighted by Crippen LogP contribution is 2.34. The summed E-state index contributed by atoms with van der Waals surface area (Å²) in [6, 6.07) is 0.115. The van der Waals surface area contributed by atoms with Gasteiger partial charge in [-0.2, -0.15) is 0 Å². The third-order valence-corrected chi connectivity index (χ3v) is 3.32. The summed E-state index contributed by atoms with van der Waals surface area (Å²) in [5.41, 5.74) is 0. The van der Waals surface area contributed by atoms with Crippen molar-refractivity contribution in [1.82, 2.24) is 10.2 Å². The molecule has 2 aliphatic rings. The van der Waals surface area contributed by atoms with Gasteiger partial charge in [0.25, 0.3) is 0 Å². The van der Waals surface area contributed by atoms with Gasteiger partial charge in [-0.05, 0) is 25.7 Å². The van der Waals surface area contributed by atoms with E-state index in [-0.39, 0.29) is 18.4 Å². The van der Waals surface area contributed by atoms with Crippen LogP contribution in [0.15, 0.2) is 0 Å². The molecule has 1 heterocycles. The second kappa shape index (κ2) is 5.71. The average molecular weight is 233 g/mol. The first-order valence-corrected chi connectivity index (χ1v) is 5.83. The van der Waals surface area contributed by atoms with Crippen molar-refractivity contribution in [3.05, 3.63) is 0 Å². The molecule has 0 aromatic carbocycles. The van der Waals surface area contributed by atoms with Crippen molar-refractivity contribution in [2.24, 2.45) is 5.92 Å². The molecule has 1 aliphatic carbocycles. The monoisotopic (exact) mass is 232 g/mol. The zero-order chi connectivity index (χ0) is 9.97. The van der Waals surface area contributed by atoms with Crippen LogP contribution in [0, 0.1) is 5.92 Å². The molecule has 1 saturated carbocycles. The number of rotatable bonds is 4. The van der Waals surface area contributed by atoms with Crippen molar-refractivity contribution >= 4 is 18.3 Å². The lowest BCUT2D eigenvalue weighted by Gasteiger charge is -2.32. The Labute approximate surface area is 98.0 Å². The Bertz CT molecular complexity index is 219. The molecule has 1 aliphatic heterocycles. The number of amides is 1. The molecule has 0 aromatic heterocycles. The number of carbonyl (C=O) groups is 1. The van der Waals surface area contributed by atoms with Gasteiger partial charge in [0.15, 0.2) is 0 Å². The Morgan fingerprint density at radius 3 is 2.73 bits per heavy atom. The summed E-state index contributed by atoms with van der Waals surface area (Å²) >= 11 is 0. The van der Waals surface area contributed by atoms with Crippen LogP contribution in [0.1, 0.15) is 32.6 Å². The number of halogens is 1. The highest BCUT2D eigenvalue weighted by molar-refractivity contribution is 5.85. The number of hydrogen-bond donors (Lipinski definition) is 1. The van der Waals surface area contributed by atoms with Crippen LogP contribution in [0.2, 0.25) is 0 Å². The van der Waals surface area contributed by atoms with E-state index in [1.54, 1.807) is 0 Å². The van der Waals surface area contributed by atoms with Crippen molar-refractivity contribution in [2.75, 3.05) is 19.6 Å². The van der Waals surface area contributed by atoms with E-state index in [1.165, 1.54) is 19.3 Å². The zero-order valence-electron chi connectivity index (χ0n) is 9.37. The molecule has 15 heavy (non-hydrogen) atoms. The Morgan fingerprint density at radius 1 is 1.40 bits per heavy atom. The summed E-state index contributed by atoms with van der Waals surface area (Å²) in [6.45, 7) is 4.77. The van der Waals surface area contributed by atoms with Gasteiger partial charge >= 0.3 is 0 Å². The first-order chi connectivity index (χ1) is 6.81. The molecule has 0 bridgehead atoms. The van der Waals surface area contributed by atoms with Gasteiger partial charge in [0.1, 0.15) is 0 Å². The fourth-order valence-corrected chi connectivity index (χ4v) is 2.14. The summed E-state index contributed by atoms with van der Waals surface area (Å²) in [6.07, 6.45) is 5.05. The molecule has 1 saturated heterocycles. The number of nitrogens with one attached hydrogen (secondary N) is 1. The molecule has 88 valence electrons. The SMILES string of the molecule is CCN1CCNC(CCC2CC2)C1=O.Cl. The number of carbonyl (C=O) groups excluding carboxylic acids is 1. The molecule has 1 N–H and O–H groups in total. The standard InChI is InChI=1S/C11H20N2O.ClH/c1-2-13-8-7-12-10(11(13)14)6-5-9-3-4-9;/h9-10,12H,2-8H2,1H3;1H. The fourth-order valence-electron chi connectivity index (χ4n) is 2.14. The van der Waals surface area contributed by atoms with Gasteiger partial charge in [-0.1, -0.05) is 12.8 Å². The second-order valence-electron chi connectivity index (χ2n) is 4.45. The normalized spacial score (nSPS) is 26.3. The van der Waals surface area contributed by atoms with Crippen LogP contribution in [0.5, 0.6) is 0 Å². The van der Waals surface area contributed by atoms with E-state index in [1.807, 2.05) is 4.90 Å². The van der Waals surface area contributed by atoms with Crippen molar-refractivity contribution in [3.8, 4) is 0 Å². The quantitative estimate of drug-likeness (QED) is 0.795. The summed E-state index contributed by atoms with van der Waals surface area (Å²) in [5.74, 6) is 1.25. The van der Waals surface area contributed by atoms with E-state index < -0.39 is 0 Å². The molecule has 1 atom stereocenters. The predicted octanol–water partition coefficient (Wildman–Crippen LogP) is 1.42. The van der Waals surface area contributed by atoms with Crippen LogP contribution < -0.4 is 5.32 Å². The highest BCUT2D eigenvalue weighted by atomic mass is 35.5. The zero-order valence-corrected chi connectivity index (χ0v) is 10.2. The third kappa shape index (κ3) is 3.35. The van der Waals surface area contributed by atoms with Crippen LogP contribution in [-0.2, 0) is 4.79 Å². The van der Waals surface area contributed by atoms with E-state index in [2.05, 4.69) is 12.2 Å². The number of likely N-dealkylation sites (N-methyl/N-ethyl adjacent to an activating group) is 1. The van der Waals surface area contributed by atoms with Crippen LogP contribution in [-0.4, -0.2) is 36.5 Å². The maximum absolute atomic E-state index is 11.9. The average Bonchev–Trinajstić information content (AvgIpc) is 3.00. The Hall–Kier alpha value is -0.280. The van der Waals surface area contributed by atoms with Crippen molar-refractivity contribution in [1.29, 1.82) is 0 Å². The maximum Gasteiger partial charge on any atom is 0.239 e. The third-order valence-electron chi connectivity index (χ3n) is 3.32. The molecule has 0 spiro atoms. The van der Waals surface area contributed by atoms with Gasteiger partial charge in [0.05, 0.1) is 6.04 Å². The Balaban J connectivity index is 0.00000112. The van der Waals surface area contributed by atoms with Crippen molar-refractivity contribution in [2.45, 2.75) is 38.6 Å². The van der Waals surface area contributed by atoms with Crippen LogP contribution in [0.4, 0.5) is 0 Å². The molecule has 0 radical (unpaired) electrons. The van der Waals surface area contributed by atoms with Gasteiger partial charge in [-0.25, -0.2) is 0 Å². The molecule has 1 unspecified atom stereocenters. The molecule has 0 aromatic rings. The first kappa shape index (κ1) is 12.8. The fraction of sp³-hybridized carbons (Fsp3) is 0.909. The molecule has 2 rings (SSSR count). The smallest absolute Gasteiger partial charge is 0.239 e. The van der Waals surface area contributed by atoms with Gasteiger partial charge < -0.3 is 10.2 Å². The van der Waals surface area contributed by atoms with Crippen LogP contribution >= 0.6 is 12.4 Å². The highest BCUT2D eigenvalue weighted by Gasteiger charge is 2.29. The summed E-state index contributed by atoms with van der Waals surface area (Å²) in [5, 5.41) is 3.33. The van der Waals surface area contributed by atoms with E-state index in [0.717, 1.165) is 32.0 Å². The molecular formula is C11H21ClN2O. The number of hydrogen-bond acceptors (Lipinski definition) is 2. The molecule has 1 amide bonds. The lowest BCUT2D eigenvalue weighted by atomic mass is 10.1. The summed E-state index contributed by atoms with van der Waals surface area (Å²) in [4.78, 5) is 13.8. The van der Waals surface area contributed by atoms with E-state index in [0.29, 0.717) is 5.91 Å². The van der Waals surface area contributed by atoms with E-state index in [9.17, 15) is 4.79 Å². The molecule has 4 heteroatoms. The minimum atomic E-state index is 0. The molecular weight excluding hydrogens is 212 g/mol. The van der Waals surface area contributed by atoms with Gasteiger partial charge in [0, 0.05) is 19.6 Å². The van der Waals surface area contributed by atoms with E-state index in [4.69, 9.17) is 0 Å². The van der Waals surface area contributed by atoms with Gasteiger partial charge in [0.2, 0.25) is 5.91 Å². The minimum absolute atomic E-state index is 0. The van der Waals surface area contributed by atoms with Crippen LogP contribution in [0.25, 0.3) is 0 Å². The maximum atomic E-state index is 11.9. The van der Waals surface area contributed by atoms with Crippen molar-refractivity contribution < 1.29 is 4.79 Å². The molecule has 2 fully saturated rings. The minimum Gasteiger partial charge on any atom is -0.340 e. The summed E-state index contributed by atoms with van der Waals surface area (Å²) < 4.78 is 0. The largest absolute Gasteiger partial charge is 0.340 e. The van der Waals surface area contributed by atoms with Crippen LogP contribution in [0.3, 0.4) is 0 Å². The van der Waals surface area contributed by atoms with E-state index >= 15 is 0 Å².